The molecule has 0 unspecified atom stereocenters. The first-order chi connectivity index (χ1) is 14.9. The Hall–Kier alpha value is -2.87. The van der Waals surface area contributed by atoms with Crippen LogP contribution in [0.15, 0.2) is 59.5 Å². The summed E-state index contributed by atoms with van der Waals surface area (Å²) >= 11 is 0. The number of hydrogen-bond donors (Lipinski definition) is 2. The molecule has 0 heterocycles. The zero-order valence-electron chi connectivity index (χ0n) is 17.4. The van der Waals surface area contributed by atoms with Crippen LogP contribution in [0.1, 0.15) is 44.1 Å². The minimum Gasteiger partial charge on any atom is -0.445 e. The van der Waals surface area contributed by atoms with Gasteiger partial charge >= 0.3 is 6.09 Å². The van der Waals surface area contributed by atoms with Gasteiger partial charge in [-0.25, -0.2) is 13.2 Å². The third kappa shape index (κ3) is 6.82. The van der Waals surface area contributed by atoms with Crippen LogP contribution >= 0.6 is 0 Å². The van der Waals surface area contributed by atoms with E-state index in [0.29, 0.717) is 36.4 Å². The zero-order chi connectivity index (χ0) is 22.1. The van der Waals surface area contributed by atoms with Crippen LogP contribution in [0.4, 0.5) is 10.5 Å². The average molecular weight is 445 g/mol. The predicted octanol–water partition coefficient (Wildman–Crippen LogP) is 4.05. The van der Waals surface area contributed by atoms with Gasteiger partial charge in [0.2, 0.25) is 5.91 Å². The van der Waals surface area contributed by atoms with Gasteiger partial charge in [-0.2, -0.15) is 0 Å². The molecular formula is C23H28N2O5S. The molecule has 0 spiro atoms. The van der Waals surface area contributed by atoms with E-state index in [-0.39, 0.29) is 24.2 Å². The van der Waals surface area contributed by atoms with Gasteiger partial charge < -0.3 is 15.4 Å². The number of carbonyl (C=O) groups is 2. The highest BCUT2D eigenvalue weighted by Gasteiger charge is 2.30. The highest BCUT2D eigenvalue weighted by Crippen LogP contribution is 2.30. The Morgan fingerprint density at radius 2 is 1.65 bits per heavy atom. The number of rotatable bonds is 9. The Morgan fingerprint density at radius 1 is 0.968 bits per heavy atom. The normalized spacial score (nSPS) is 14.2. The number of ether oxygens (including phenoxy) is 1. The molecule has 2 aromatic rings. The fourth-order valence-corrected chi connectivity index (χ4v) is 5.41. The average Bonchev–Trinajstić information content (AvgIpc) is 3.32. The molecule has 1 aliphatic rings. The molecule has 166 valence electrons. The fourth-order valence-electron chi connectivity index (χ4n) is 3.56. The van der Waals surface area contributed by atoms with E-state index in [0.717, 1.165) is 18.4 Å². The van der Waals surface area contributed by atoms with E-state index in [2.05, 4.69) is 10.6 Å². The van der Waals surface area contributed by atoms with Crippen molar-refractivity contribution in [3.05, 3.63) is 60.2 Å². The Bertz CT molecular complexity index is 969. The lowest BCUT2D eigenvalue weighted by Crippen LogP contribution is -2.26. The number of hydrogen-bond acceptors (Lipinski definition) is 5. The standard InChI is InChI=1S/C23H28N2O5S/c26-22(11-6-16-24-23(27)30-17-18-7-2-1-3-8-18)25-19-12-14-21(15-13-19)31(28,29)20-9-4-5-10-20/h1-3,7-8,12-15,20H,4-6,9-11,16-17H2,(H,24,27)(H,25,26). The zero-order valence-corrected chi connectivity index (χ0v) is 18.2. The van der Waals surface area contributed by atoms with Gasteiger partial charge in [-0.05, 0) is 49.1 Å². The molecule has 1 saturated carbocycles. The highest BCUT2D eigenvalue weighted by atomic mass is 32.2. The van der Waals surface area contributed by atoms with Crippen molar-refractivity contribution in [3.63, 3.8) is 0 Å². The Labute approximate surface area is 183 Å². The number of alkyl carbamates (subject to hydrolysis) is 1. The van der Waals surface area contributed by atoms with Crippen molar-refractivity contribution in [2.75, 3.05) is 11.9 Å². The maximum atomic E-state index is 12.6. The first-order valence-corrected chi connectivity index (χ1v) is 12.1. The summed E-state index contributed by atoms with van der Waals surface area (Å²) in [5, 5.41) is 5.07. The maximum Gasteiger partial charge on any atom is 0.407 e. The number of carbonyl (C=O) groups excluding carboxylic acids is 2. The van der Waals surface area contributed by atoms with Crippen molar-refractivity contribution in [2.45, 2.75) is 55.3 Å². The molecule has 31 heavy (non-hydrogen) atoms. The highest BCUT2D eigenvalue weighted by molar-refractivity contribution is 7.92. The molecule has 0 saturated heterocycles. The first-order valence-electron chi connectivity index (χ1n) is 10.5. The molecule has 3 rings (SSSR count). The Morgan fingerprint density at radius 3 is 2.32 bits per heavy atom. The minimum absolute atomic E-state index is 0.194. The van der Waals surface area contributed by atoms with Gasteiger partial charge in [-0.15, -0.1) is 0 Å². The van der Waals surface area contributed by atoms with E-state index in [9.17, 15) is 18.0 Å². The van der Waals surface area contributed by atoms with Crippen LogP contribution < -0.4 is 10.6 Å². The molecule has 8 heteroatoms. The topological polar surface area (TPSA) is 102 Å². The number of sulfone groups is 1. The van der Waals surface area contributed by atoms with Crippen LogP contribution in [0.3, 0.4) is 0 Å². The van der Waals surface area contributed by atoms with Gasteiger partial charge in [0.15, 0.2) is 9.84 Å². The lowest BCUT2D eigenvalue weighted by Gasteiger charge is -2.12. The summed E-state index contributed by atoms with van der Waals surface area (Å²) in [7, 11) is -3.30. The maximum absolute atomic E-state index is 12.6. The number of nitrogens with one attached hydrogen (secondary N) is 2. The van der Waals surface area contributed by atoms with Gasteiger partial charge in [0.05, 0.1) is 10.1 Å². The first kappa shape index (κ1) is 22.8. The molecule has 0 atom stereocenters. The van der Waals surface area contributed by atoms with Gasteiger partial charge in [0, 0.05) is 18.7 Å². The lowest BCUT2D eigenvalue weighted by molar-refractivity contribution is -0.116. The van der Waals surface area contributed by atoms with Crippen LogP contribution in [0.25, 0.3) is 0 Å². The van der Waals surface area contributed by atoms with Gasteiger partial charge in [-0.1, -0.05) is 43.2 Å². The smallest absolute Gasteiger partial charge is 0.407 e. The van der Waals surface area contributed by atoms with Crippen LogP contribution in [-0.4, -0.2) is 32.2 Å². The van der Waals surface area contributed by atoms with Crippen molar-refractivity contribution in [2.24, 2.45) is 0 Å². The summed E-state index contributed by atoms with van der Waals surface area (Å²) < 4.78 is 30.3. The van der Waals surface area contributed by atoms with Crippen LogP contribution in [-0.2, 0) is 26.0 Å². The van der Waals surface area contributed by atoms with E-state index in [1.807, 2.05) is 30.3 Å². The molecule has 2 N–H and O–H groups in total. The monoisotopic (exact) mass is 444 g/mol. The molecular weight excluding hydrogens is 416 g/mol. The second-order valence-corrected chi connectivity index (χ2v) is 9.84. The minimum atomic E-state index is -3.30. The molecule has 1 aliphatic carbocycles. The molecule has 0 aromatic heterocycles. The molecule has 0 aliphatic heterocycles. The second kappa shape index (κ2) is 10.9. The summed E-state index contributed by atoms with van der Waals surface area (Å²) in [4.78, 5) is 24.1. The van der Waals surface area contributed by atoms with Crippen molar-refractivity contribution < 1.29 is 22.7 Å². The van der Waals surface area contributed by atoms with Crippen molar-refractivity contribution in [3.8, 4) is 0 Å². The van der Waals surface area contributed by atoms with Gasteiger partial charge in [0.1, 0.15) is 6.61 Å². The fraction of sp³-hybridized carbons (Fsp3) is 0.391. The summed E-state index contributed by atoms with van der Waals surface area (Å²) in [6.45, 7) is 0.513. The number of amides is 2. The molecule has 7 nitrogen and oxygen atoms in total. The van der Waals surface area contributed by atoms with Crippen LogP contribution in [0, 0.1) is 0 Å². The van der Waals surface area contributed by atoms with Crippen LogP contribution in [0.5, 0.6) is 0 Å². The van der Waals surface area contributed by atoms with Gasteiger partial charge in [-0.3, -0.25) is 4.79 Å². The van der Waals surface area contributed by atoms with E-state index < -0.39 is 15.9 Å². The van der Waals surface area contributed by atoms with E-state index in [1.54, 1.807) is 24.3 Å². The predicted molar refractivity (Wildman–Crippen MR) is 118 cm³/mol. The third-order valence-electron chi connectivity index (χ3n) is 5.27. The van der Waals surface area contributed by atoms with Crippen molar-refractivity contribution in [1.29, 1.82) is 0 Å². The van der Waals surface area contributed by atoms with E-state index in [4.69, 9.17) is 4.74 Å². The lowest BCUT2D eigenvalue weighted by atomic mass is 10.2. The largest absolute Gasteiger partial charge is 0.445 e. The van der Waals surface area contributed by atoms with Crippen molar-refractivity contribution in [1.82, 2.24) is 5.32 Å². The van der Waals surface area contributed by atoms with Crippen molar-refractivity contribution >= 4 is 27.5 Å². The number of anilines is 1. The quantitative estimate of drug-likeness (QED) is 0.568. The summed E-state index contributed by atoms with van der Waals surface area (Å²) in [6, 6.07) is 15.7. The molecule has 2 aromatic carbocycles. The van der Waals surface area contributed by atoms with Gasteiger partial charge in [0.25, 0.3) is 0 Å². The summed E-state index contributed by atoms with van der Waals surface area (Å²) in [6.07, 6.45) is 3.50. The molecule has 2 amide bonds. The van der Waals surface area contributed by atoms with E-state index in [1.165, 1.54) is 0 Å². The summed E-state index contributed by atoms with van der Waals surface area (Å²) in [5.41, 5.74) is 1.45. The molecule has 1 fully saturated rings. The van der Waals surface area contributed by atoms with Crippen LogP contribution in [0.2, 0.25) is 0 Å². The second-order valence-electron chi connectivity index (χ2n) is 7.62. The Balaban J connectivity index is 1.35. The Kier molecular flexibility index (Phi) is 8.06. The molecule has 0 bridgehead atoms. The SMILES string of the molecule is O=C(CCCNC(=O)OCc1ccccc1)Nc1ccc(S(=O)(=O)C2CCCC2)cc1. The third-order valence-corrected chi connectivity index (χ3v) is 7.55. The molecule has 0 radical (unpaired) electrons. The summed E-state index contributed by atoms with van der Waals surface area (Å²) in [5.74, 6) is -0.203. The van der Waals surface area contributed by atoms with E-state index >= 15 is 0 Å². The number of benzene rings is 2.